The number of ether oxygens (including phenoxy) is 1. The third-order valence-corrected chi connectivity index (χ3v) is 4.40. The lowest BCUT2D eigenvalue weighted by molar-refractivity contribution is -0.0429. The lowest BCUT2D eigenvalue weighted by Gasteiger charge is -2.29. The number of hydrogen-bond acceptors (Lipinski definition) is 4. The van der Waals surface area contributed by atoms with Crippen LogP contribution in [0.2, 0.25) is 0 Å². The van der Waals surface area contributed by atoms with Crippen molar-refractivity contribution in [2.45, 2.75) is 51.7 Å². The van der Waals surface area contributed by atoms with Gasteiger partial charge in [0.2, 0.25) is 0 Å². The van der Waals surface area contributed by atoms with Gasteiger partial charge in [-0.05, 0) is 45.7 Å². The summed E-state index contributed by atoms with van der Waals surface area (Å²) in [6, 6.07) is 7.32. The summed E-state index contributed by atoms with van der Waals surface area (Å²) < 4.78 is 11.3. The van der Waals surface area contributed by atoms with Gasteiger partial charge in [-0.15, -0.1) is 0 Å². The number of rotatable bonds is 4. The van der Waals surface area contributed by atoms with Crippen molar-refractivity contribution in [1.29, 1.82) is 0 Å². The van der Waals surface area contributed by atoms with Gasteiger partial charge in [-0.3, -0.25) is 0 Å². The third-order valence-electron chi connectivity index (χ3n) is 4.40. The maximum atomic E-state index is 12.2. The van der Waals surface area contributed by atoms with Crippen LogP contribution in [0.1, 0.15) is 39.2 Å². The van der Waals surface area contributed by atoms with Crippen molar-refractivity contribution >= 4 is 11.0 Å². The summed E-state index contributed by atoms with van der Waals surface area (Å²) in [6.07, 6.45) is 3.41. The predicted molar refractivity (Wildman–Crippen MR) is 89.9 cm³/mol. The highest BCUT2D eigenvalue weighted by Crippen LogP contribution is 2.38. The van der Waals surface area contributed by atoms with Crippen molar-refractivity contribution < 1.29 is 14.3 Å². The van der Waals surface area contributed by atoms with Crippen LogP contribution in [0.5, 0.6) is 5.75 Å². The van der Waals surface area contributed by atoms with Crippen LogP contribution in [0.4, 0.5) is 0 Å². The van der Waals surface area contributed by atoms with Gasteiger partial charge in [-0.1, -0.05) is 23.8 Å². The molecule has 0 radical (unpaired) electrons. The van der Waals surface area contributed by atoms with E-state index < -0.39 is 11.7 Å². The first kappa shape index (κ1) is 15.8. The van der Waals surface area contributed by atoms with E-state index in [1.165, 1.54) is 5.57 Å². The highest BCUT2D eigenvalue weighted by atomic mass is 16.5. The van der Waals surface area contributed by atoms with Crippen molar-refractivity contribution in [3.63, 3.8) is 0 Å². The smallest absolute Gasteiger partial charge is 0.343 e. The highest BCUT2D eigenvalue weighted by molar-refractivity contribution is 5.84. The zero-order valence-electron chi connectivity index (χ0n) is 13.8. The van der Waals surface area contributed by atoms with E-state index in [1.807, 2.05) is 32.0 Å². The van der Waals surface area contributed by atoms with E-state index in [1.54, 1.807) is 13.0 Å². The van der Waals surface area contributed by atoms with Gasteiger partial charge in [0.25, 0.3) is 0 Å². The van der Waals surface area contributed by atoms with Crippen LogP contribution in [-0.4, -0.2) is 16.8 Å². The molecule has 2 heterocycles. The summed E-state index contributed by atoms with van der Waals surface area (Å²) in [5.74, 6) is 0.560. The van der Waals surface area contributed by atoms with Crippen LogP contribution >= 0.6 is 0 Å². The zero-order valence-corrected chi connectivity index (χ0v) is 13.8. The quantitative estimate of drug-likeness (QED) is 0.692. The van der Waals surface area contributed by atoms with E-state index >= 15 is 0 Å². The van der Waals surface area contributed by atoms with Crippen molar-refractivity contribution in [2.24, 2.45) is 0 Å². The monoisotopic (exact) mass is 314 g/mol. The maximum Gasteiger partial charge on any atom is 0.343 e. The Bertz CT molecular complexity index is 810. The van der Waals surface area contributed by atoms with E-state index in [0.29, 0.717) is 29.7 Å². The second kappa shape index (κ2) is 5.85. The lowest BCUT2D eigenvalue weighted by Crippen LogP contribution is -2.42. The minimum Gasteiger partial charge on any atom is -0.486 e. The van der Waals surface area contributed by atoms with Crippen LogP contribution in [0.15, 0.2) is 45.1 Å². The van der Waals surface area contributed by atoms with Gasteiger partial charge in [-0.25, -0.2) is 4.79 Å². The van der Waals surface area contributed by atoms with Gasteiger partial charge in [0.15, 0.2) is 0 Å². The fourth-order valence-corrected chi connectivity index (χ4v) is 3.00. The van der Waals surface area contributed by atoms with Gasteiger partial charge < -0.3 is 14.3 Å². The van der Waals surface area contributed by atoms with E-state index in [-0.39, 0.29) is 5.63 Å². The topological polar surface area (TPSA) is 59.7 Å². The van der Waals surface area contributed by atoms with E-state index in [0.717, 1.165) is 11.8 Å². The number of fused-ring (bicyclic) bond motifs is 3. The molecule has 0 saturated carbocycles. The molecule has 0 aliphatic carbocycles. The van der Waals surface area contributed by atoms with Crippen molar-refractivity contribution in [3.05, 3.63) is 51.9 Å². The molecule has 1 N–H and O–H groups in total. The molecule has 2 aromatic rings. The first-order valence-corrected chi connectivity index (χ1v) is 7.95. The maximum absolute atomic E-state index is 12.2. The Kier molecular flexibility index (Phi) is 4.02. The van der Waals surface area contributed by atoms with Crippen molar-refractivity contribution in [3.8, 4) is 5.75 Å². The molecule has 1 aliphatic rings. The van der Waals surface area contributed by atoms with E-state index in [4.69, 9.17) is 9.15 Å². The Morgan fingerprint density at radius 3 is 2.87 bits per heavy atom. The summed E-state index contributed by atoms with van der Waals surface area (Å²) in [6.45, 7) is 5.84. The second-order valence-corrected chi connectivity index (χ2v) is 6.68. The van der Waals surface area contributed by atoms with Gasteiger partial charge in [0, 0.05) is 6.42 Å². The van der Waals surface area contributed by atoms with Gasteiger partial charge in [-0.2, -0.15) is 0 Å². The van der Waals surface area contributed by atoms with Gasteiger partial charge in [0.1, 0.15) is 17.4 Å². The van der Waals surface area contributed by atoms with Crippen molar-refractivity contribution in [2.75, 3.05) is 0 Å². The molecular weight excluding hydrogens is 292 g/mol. The number of hydrogen-bond donors (Lipinski definition) is 1. The Morgan fingerprint density at radius 1 is 1.39 bits per heavy atom. The Morgan fingerprint density at radius 2 is 2.13 bits per heavy atom. The Hall–Kier alpha value is -2.07. The molecule has 0 unspecified atom stereocenters. The molecule has 4 heteroatoms. The molecule has 0 saturated heterocycles. The molecule has 3 rings (SSSR count). The fraction of sp³-hybridized carbons (Fsp3) is 0.421. The van der Waals surface area contributed by atoms with Crippen LogP contribution in [0, 0.1) is 0 Å². The fourth-order valence-electron chi connectivity index (χ4n) is 3.00. The number of para-hydroxylation sites is 1. The van der Waals surface area contributed by atoms with Gasteiger partial charge >= 0.3 is 5.63 Å². The normalized spacial score (nSPS) is 19.0. The highest BCUT2D eigenvalue weighted by Gasteiger charge is 2.40. The number of benzene rings is 1. The first-order valence-electron chi connectivity index (χ1n) is 7.95. The van der Waals surface area contributed by atoms with Gasteiger partial charge in [0.05, 0.1) is 16.6 Å². The average Bonchev–Trinajstić information content (AvgIpc) is 2.93. The molecular formula is C19H22O4. The van der Waals surface area contributed by atoms with Crippen molar-refractivity contribution in [1.82, 2.24) is 0 Å². The summed E-state index contributed by atoms with van der Waals surface area (Å²) in [5.41, 5.74) is 0.889. The molecule has 4 nitrogen and oxygen atoms in total. The SMILES string of the molecule is CC(C)=CCC[C@](C)(O)[C@@H]1Cc2c(c3ccccc3oc2=O)O1. The molecule has 23 heavy (non-hydrogen) atoms. The molecule has 122 valence electrons. The molecule has 1 aromatic carbocycles. The molecule has 1 aliphatic heterocycles. The Labute approximate surface area is 135 Å². The number of aliphatic hydroxyl groups is 1. The lowest BCUT2D eigenvalue weighted by atomic mass is 9.90. The van der Waals surface area contributed by atoms with E-state index in [9.17, 15) is 9.90 Å². The average molecular weight is 314 g/mol. The molecule has 2 atom stereocenters. The minimum absolute atomic E-state index is 0.374. The standard InChI is InChI=1S/C19H22O4/c1-12(2)7-6-10-19(3,21)16-11-14-17(23-16)13-8-4-5-9-15(13)22-18(14)20/h4-5,7-9,16,21H,6,10-11H2,1-3H3/t16-,19-/m0/s1. The summed E-state index contributed by atoms with van der Waals surface area (Å²) in [5, 5.41) is 11.6. The molecule has 0 amide bonds. The van der Waals surface area contributed by atoms with Crippen LogP contribution in [-0.2, 0) is 6.42 Å². The molecule has 0 fully saturated rings. The molecule has 0 bridgehead atoms. The van der Waals surface area contributed by atoms with Crippen LogP contribution < -0.4 is 10.4 Å². The number of allylic oxidation sites excluding steroid dienone is 2. The van der Waals surface area contributed by atoms with E-state index in [2.05, 4.69) is 6.08 Å². The zero-order chi connectivity index (χ0) is 16.6. The largest absolute Gasteiger partial charge is 0.486 e. The second-order valence-electron chi connectivity index (χ2n) is 6.68. The summed E-state index contributed by atoms with van der Waals surface area (Å²) >= 11 is 0. The first-order chi connectivity index (χ1) is 10.9. The van der Waals surface area contributed by atoms with Crippen LogP contribution in [0.25, 0.3) is 11.0 Å². The summed E-state index contributed by atoms with van der Waals surface area (Å²) in [4.78, 5) is 12.2. The Balaban J connectivity index is 1.89. The molecule has 0 spiro atoms. The third kappa shape index (κ3) is 3.04. The molecule has 1 aromatic heterocycles. The van der Waals surface area contributed by atoms with Crippen LogP contribution in [0.3, 0.4) is 0 Å². The minimum atomic E-state index is -1.00. The summed E-state index contributed by atoms with van der Waals surface area (Å²) in [7, 11) is 0. The predicted octanol–water partition coefficient (Wildman–Crippen LogP) is 3.59.